The van der Waals surface area contributed by atoms with Crippen molar-refractivity contribution < 1.29 is 0 Å². The Kier molecular flexibility index (Phi) is 4.20. The molecule has 1 aliphatic heterocycles. The molecule has 0 amide bonds. The van der Waals surface area contributed by atoms with Crippen molar-refractivity contribution in [2.75, 3.05) is 19.6 Å². The first kappa shape index (κ1) is 11.0. The van der Waals surface area contributed by atoms with Crippen LogP contribution in [0.5, 0.6) is 0 Å². The molecule has 0 spiro atoms. The van der Waals surface area contributed by atoms with Gasteiger partial charge in [0.1, 0.15) is 0 Å². The van der Waals surface area contributed by atoms with E-state index in [9.17, 15) is 0 Å². The summed E-state index contributed by atoms with van der Waals surface area (Å²) in [5, 5.41) is 0. The van der Waals surface area contributed by atoms with Gasteiger partial charge in [-0.15, -0.1) is 0 Å². The summed E-state index contributed by atoms with van der Waals surface area (Å²) in [5.74, 6) is 0. The average molecular weight is 184 g/mol. The van der Waals surface area contributed by atoms with Crippen LogP contribution in [0.15, 0.2) is 0 Å². The Balaban J connectivity index is 1.85. The molecule has 0 aromatic carbocycles. The van der Waals surface area contributed by atoms with E-state index in [1.54, 1.807) is 0 Å². The highest BCUT2D eigenvalue weighted by atomic mass is 15.2. The number of hydrogen-bond donors (Lipinski definition) is 1. The molecule has 13 heavy (non-hydrogen) atoms. The van der Waals surface area contributed by atoms with Crippen LogP contribution < -0.4 is 5.73 Å². The molecular weight excluding hydrogens is 160 g/mol. The molecule has 78 valence electrons. The van der Waals surface area contributed by atoms with Crippen molar-refractivity contribution in [2.45, 2.75) is 51.5 Å². The zero-order valence-electron chi connectivity index (χ0n) is 9.18. The maximum atomic E-state index is 5.92. The summed E-state index contributed by atoms with van der Waals surface area (Å²) >= 11 is 0. The minimum absolute atomic E-state index is 0.115. The van der Waals surface area contributed by atoms with Crippen molar-refractivity contribution in [2.24, 2.45) is 5.73 Å². The lowest BCUT2D eigenvalue weighted by atomic mass is 9.93. The Morgan fingerprint density at radius 3 is 2.31 bits per heavy atom. The number of nitrogens with two attached hydrogens (primary N) is 1. The lowest BCUT2D eigenvalue weighted by molar-refractivity contribution is 0.0821. The fourth-order valence-corrected chi connectivity index (χ4v) is 2.07. The lowest BCUT2D eigenvalue weighted by Gasteiger charge is -2.45. The van der Waals surface area contributed by atoms with Crippen molar-refractivity contribution in [1.82, 2.24) is 4.90 Å². The van der Waals surface area contributed by atoms with Gasteiger partial charge in [-0.25, -0.2) is 0 Å². The highest BCUT2D eigenvalue weighted by molar-refractivity contribution is 4.95. The van der Waals surface area contributed by atoms with Crippen LogP contribution in [-0.2, 0) is 0 Å². The number of unbranched alkanes of at least 4 members (excludes halogenated alkanes) is 4. The van der Waals surface area contributed by atoms with Crippen LogP contribution >= 0.6 is 0 Å². The van der Waals surface area contributed by atoms with E-state index in [1.165, 1.54) is 38.6 Å². The molecule has 0 aromatic rings. The number of likely N-dealkylation sites (tertiary alicyclic amines) is 1. The third-order valence-corrected chi connectivity index (χ3v) is 2.75. The Hall–Kier alpha value is -0.0800. The third kappa shape index (κ3) is 4.10. The minimum Gasteiger partial charge on any atom is -0.323 e. The summed E-state index contributed by atoms with van der Waals surface area (Å²) < 4.78 is 0. The molecule has 0 radical (unpaired) electrons. The second-order valence-corrected chi connectivity index (χ2v) is 4.78. The lowest BCUT2D eigenvalue weighted by Crippen LogP contribution is -2.65. The molecule has 0 saturated carbocycles. The van der Waals surface area contributed by atoms with Crippen molar-refractivity contribution >= 4 is 0 Å². The van der Waals surface area contributed by atoms with Gasteiger partial charge in [0.05, 0.1) is 0 Å². The maximum Gasteiger partial charge on any atom is 0.0383 e. The molecule has 1 saturated heterocycles. The van der Waals surface area contributed by atoms with Gasteiger partial charge < -0.3 is 5.73 Å². The summed E-state index contributed by atoms with van der Waals surface area (Å²) in [5.41, 5.74) is 6.04. The minimum atomic E-state index is 0.115. The molecule has 0 atom stereocenters. The molecular formula is C11H24N2. The Labute approximate surface area is 82.5 Å². The van der Waals surface area contributed by atoms with Gasteiger partial charge in [0.15, 0.2) is 0 Å². The molecule has 1 heterocycles. The number of rotatable bonds is 6. The van der Waals surface area contributed by atoms with Crippen LogP contribution in [-0.4, -0.2) is 30.1 Å². The van der Waals surface area contributed by atoms with Crippen molar-refractivity contribution in [1.29, 1.82) is 0 Å². The van der Waals surface area contributed by atoms with Crippen LogP contribution in [0.1, 0.15) is 46.0 Å². The summed E-state index contributed by atoms with van der Waals surface area (Å²) in [6, 6.07) is 0. The molecule has 1 rings (SSSR count). The third-order valence-electron chi connectivity index (χ3n) is 2.75. The molecule has 1 aliphatic rings. The van der Waals surface area contributed by atoms with Crippen molar-refractivity contribution in [3.8, 4) is 0 Å². The van der Waals surface area contributed by atoms with Gasteiger partial charge in [0.2, 0.25) is 0 Å². The first-order valence-electron chi connectivity index (χ1n) is 5.65. The summed E-state index contributed by atoms with van der Waals surface area (Å²) in [4.78, 5) is 2.46. The number of hydrogen-bond acceptors (Lipinski definition) is 2. The van der Waals surface area contributed by atoms with E-state index in [4.69, 9.17) is 5.73 Å². The van der Waals surface area contributed by atoms with Crippen LogP contribution in [0.25, 0.3) is 0 Å². The quantitative estimate of drug-likeness (QED) is 0.640. The molecule has 0 aromatic heterocycles. The van der Waals surface area contributed by atoms with E-state index in [1.807, 2.05) is 0 Å². The normalized spacial score (nSPS) is 21.5. The Morgan fingerprint density at radius 1 is 1.15 bits per heavy atom. The van der Waals surface area contributed by atoms with E-state index in [0.717, 1.165) is 13.1 Å². The second-order valence-electron chi connectivity index (χ2n) is 4.78. The van der Waals surface area contributed by atoms with Gasteiger partial charge in [-0.2, -0.15) is 0 Å². The Bertz CT molecular complexity index is 135. The van der Waals surface area contributed by atoms with Gasteiger partial charge in [0.25, 0.3) is 0 Å². The predicted octanol–water partition coefficient (Wildman–Crippen LogP) is 1.99. The van der Waals surface area contributed by atoms with E-state index < -0.39 is 0 Å². The average Bonchev–Trinajstić information content (AvgIpc) is 2.00. The fraction of sp³-hybridized carbons (Fsp3) is 1.00. The molecule has 0 bridgehead atoms. The molecule has 2 N–H and O–H groups in total. The molecule has 1 fully saturated rings. The molecule has 0 unspecified atom stereocenters. The smallest absolute Gasteiger partial charge is 0.0383 e. The second kappa shape index (κ2) is 4.97. The van der Waals surface area contributed by atoms with Gasteiger partial charge in [-0.05, 0) is 19.9 Å². The SMILES string of the molecule is CCCCCCCN1CC(C)(N)C1. The van der Waals surface area contributed by atoms with Gasteiger partial charge in [-0.1, -0.05) is 32.6 Å². The number of nitrogens with zero attached hydrogens (tertiary/aromatic N) is 1. The van der Waals surface area contributed by atoms with E-state index in [2.05, 4.69) is 18.7 Å². The summed E-state index contributed by atoms with van der Waals surface area (Å²) in [6.45, 7) is 7.86. The highest BCUT2D eigenvalue weighted by Crippen LogP contribution is 2.17. The van der Waals surface area contributed by atoms with Gasteiger partial charge in [0, 0.05) is 18.6 Å². The van der Waals surface area contributed by atoms with Crippen molar-refractivity contribution in [3.05, 3.63) is 0 Å². The van der Waals surface area contributed by atoms with Crippen LogP contribution in [0.3, 0.4) is 0 Å². The van der Waals surface area contributed by atoms with E-state index in [-0.39, 0.29) is 5.54 Å². The molecule has 0 aliphatic carbocycles. The van der Waals surface area contributed by atoms with Crippen molar-refractivity contribution in [3.63, 3.8) is 0 Å². The Morgan fingerprint density at radius 2 is 1.77 bits per heavy atom. The van der Waals surface area contributed by atoms with E-state index >= 15 is 0 Å². The largest absolute Gasteiger partial charge is 0.323 e. The summed E-state index contributed by atoms with van der Waals surface area (Å²) in [6.07, 6.45) is 6.89. The van der Waals surface area contributed by atoms with Gasteiger partial charge in [-0.3, -0.25) is 4.90 Å². The molecule has 2 heteroatoms. The fourth-order valence-electron chi connectivity index (χ4n) is 2.07. The summed E-state index contributed by atoms with van der Waals surface area (Å²) in [7, 11) is 0. The first-order chi connectivity index (χ1) is 6.14. The topological polar surface area (TPSA) is 29.3 Å². The van der Waals surface area contributed by atoms with Crippen LogP contribution in [0.2, 0.25) is 0 Å². The zero-order valence-corrected chi connectivity index (χ0v) is 9.18. The predicted molar refractivity (Wildman–Crippen MR) is 57.8 cm³/mol. The molecule has 2 nitrogen and oxygen atoms in total. The maximum absolute atomic E-state index is 5.92. The van der Waals surface area contributed by atoms with E-state index in [0.29, 0.717) is 0 Å². The first-order valence-corrected chi connectivity index (χ1v) is 5.65. The van der Waals surface area contributed by atoms with Crippen LogP contribution in [0, 0.1) is 0 Å². The monoisotopic (exact) mass is 184 g/mol. The highest BCUT2D eigenvalue weighted by Gasteiger charge is 2.33. The van der Waals surface area contributed by atoms with Crippen LogP contribution in [0.4, 0.5) is 0 Å². The zero-order chi connectivity index (χ0) is 9.73. The van der Waals surface area contributed by atoms with Gasteiger partial charge >= 0.3 is 0 Å². The standard InChI is InChI=1S/C11H24N2/c1-3-4-5-6-7-8-13-9-11(2,12)10-13/h3-10,12H2,1-2H3.